The number of halogens is 3. The highest BCUT2D eigenvalue weighted by Crippen LogP contribution is 2.28. The number of unbranched alkanes of at least 4 members (excludes halogenated alkanes) is 1. The molecule has 2 aromatic heterocycles. The summed E-state index contributed by atoms with van der Waals surface area (Å²) < 4.78 is 49.9. The predicted molar refractivity (Wildman–Crippen MR) is 89.5 cm³/mol. The van der Waals surface area contributed by atoms with Gasteiger partial charge in [-0.3, -0.25) is 4.57 Å². The van der Waals surface area contributed by atoms with Gasteiger partial charge in [0, 0.05) is 24.2 Å². The van der Waals surface area contributed by atoms with Gasteiger partial charge in [0.2, 0.25) is 0 Å². The molecular formula is C17H15F3N4O4. The van der Waals surface area contributed by atoms with Gasteiger partial charge in [0.15, 0.2) is 0 Å². The van der Waals surface area contributed by atoms with Crippen LogP contribution in [0.25, 0.3) is 0 Å². The van der Waals surface area contributed by atoms with Gasteiger partial charge in [-0.2, -0.15) is 13.2 Å². The van der Waals surface area contributed by atoms with Crippen molar-refractivity contribution in [2.24, 2.45) is 0 Å². The van der Waals surface area contributed by atoms with Gasteiger partial charge in [-0.15, -0.1) is 0 Å². The second-order valence-corrected chi connectivity index (χ2v) is 5.93. The summed E-state index contributed by atoms with van der Waals surface area (Å²) in [6, 6.07) is 2.37. The number of hydrogen-bond acceptors (Lipinski definition) is 6. The fourth-order valence-electron chi connectivity index (χ4n) is 2.46. The number of nitro groups is 1. The minimum atomic E-state index is -4.42. The summed E-state index contributed by atoms with van der Waals surface area (Å²) in [5.74, 6) is 5.26. The van der Waals surface area contributed by atoms with Crippen molar-refractivity contribution in [3.8, 4) is 17.9 Å². The zero-order chi connectivity index (χ0) is 20.1. The van der Waals surface area contributed by atoms with Crippen LogP contribution in [0.1, 0.15) is 24.1 Å². The maximum atomic E-state index is 12.4. The molecule has 1 atom stereocenters. The first-order chi connectivity index (χ1) is 13.3. The second-order valence-electron chi connectivity index (χ2n) is 5.93. The molecule has 0 amide bonds. The zero-order valence-electron chi connectivity index (χ0n) is 14.5. The summed E-state index contributed by atoms with van der Waals surface area (Å²) in [5, 5.41) is 10.7. The molecule has 0 bridgehead atoms. The normalized spacial score (nSPS) is 15.9. The fraction of sp³-hybridized carbons (Fsp3) is 0.412. The van der Waals surface area contributed by atoms with Gasteiger partial charge in [-0.25, -0.2) is 4.98 Å². The first-order valence-corrected chi connectivity index (χ1v) is 8.31. The van der Waals surface area contributed by atoms with Crippen LogP contribution in [0.2, 0.25) is 0 Å². The molecule has 0 saturated carbocycles. The Kier molecular flexibility index (Phi) is 5.79. The van der Waals surface area contributed by atoms with Crippen molar-refractivity contribution >= 4 is 5.82 Å². The summed E-state index contributed by atoms with van der Waals surface area (Å²) in [4.78, 5) is 17.5. The van der Waals surface area contributed by atoms with E-state index < -0.39 is 16.7 Å². The fourth-order valence-corrected chi connectivity index (χ4v) is 2.46. The van der Waals surface area contributed by atoms with Crippen LogP contribution in [0.15, 0.2) is 24.5 Å². The van der Waals surface area contributed by atoms with E-state index in [2.05, 4.69) is 21.8 Å². The monoisotopic (exact) mass is 396 g/mol. The highest BCUT2D eigenvalue weighted by atomic mass is 19.4. The minimum Gasteiger partial charge on any atom is -0.443 e. The summed E-state index contributed by atoms with van der Waals surface area (Å²) in [6.07, 6.45) is -1.52. The molecule has 148 valence electrons. The van der Waals surface area contributed by atoms with E-state index in [1.807, 2.05) is 0 Å². The Morgan fingerprint density at radius 3 is 2.93 bits per heavy atom. The van der Waals surface area contributed by atoms with Crippen LogP contribution in [-0.4, -0.2) is 38.8 Å². The van der Waals surface area contributed by atoms with E-state index in [1.54, 1.807) is 0 Å². The molecular weight excluding hydrogens is 381 g/mol. The topological polar surface area (TPSA) is 92.3 Å². The van der Waals surface area contributed by atoms with Crippen molar-refractivity contribution in [2.75, 3.05) is 13.2 Å². The number of rotatable bonds is 5. The SMILES string of the molecule is O=[N+]([O-])c1cn2c(n1)OC[C@@H](OCCCC#Cc1ccc(C(F)(F)F)cn1)C2. The van der Waals surface area contributed by atoms with Crippen molar-refractivity contribution in [2.45, 2.75) is 31.7 Å². The predicted octanol–water partition coefficient (Wildman–Crippen LogP) is 2.81. The molecule has 28 heavy (non-hydrogen) atoms. The van der Waals surface area contributed by atoms with E-state index in [0.29, 0.717) is 26.0 Å². The quantitative estimate of drug-likeness (QED) is 0.334. The van der Waals surface area contributed by atoms with E-state index in [-0.39, 0.29) is 30.2 Å². The Balaban J connectivity index is 1.40. The Morgan fingerprint density at radius 2 is 2.25 bits per heavy atom. The number of fused-ring (bicyclic) bond motifs is 1. The molecule has 1 aliphatic rings. The third kappa shape index (κ3) is 4.98. The van der Waals surface area contributed by atoms with Crippen LogP contribution in [0, 0.1) is 22.0 Å². The highest BCUT2D eigenvalue weighted by Gasteiger charge is 2.30. The Morgan fingerprint density at radius 1 is 1.43 bits per heavy atom. The Labute approximate surface area is 157 Å². The number of hydrogen-bond donors (Lipinski definition) is 0. The summed E-state index contributed by atoms with van der Waals surface area (Å²) in [6.45, 7) is 1.04. The van der Waals surface area contributed by atoms with Crippen molar-refractivity contribution in [1.82, 2.24) is 14.5 Å². The Hall–Kier alpha value is -3.13. The molecule has 0 fully saturated rings. The molecule has 1 aliphatic heterocycles. The first kappa shape index (κ1) is 19.6. The third-order valence-electron chi connectivity index (χ3n) is 3.82. The minimum absolute atomic E-state index is 0.196. The molecule has 2 aromatic rings. The lowest BCUT2D eigenvalue weighted by atomic mass is 10.2. The summed E-state index contributed by atoms with van der Waals surface area (Å²) >= 11 is 0. The van der Waals surface area contributed by atoms with Gasteiger partial charge in [-0.1, -0.05) is 5.92 Å². The molecule has 0 aliphatic carbocycles. The van der Waals surface area contributed by atoms with Crippen LogP contribution < -0.4 is 4.74 Å². The molecule has 3 heterocycles. The molecule has 0 spiro atoms. The van der Waals surface area contributed by atoms with Gasteiger partial charge in [-0.05, 0) is 29.4 Å². The highest BCUT2D eigenvalue weighted by molar-refractivity contribution is 5.29. The Bertz CT molecular complexity index is 900. The lowest BCUT2D eigenvalue weighted by Crippen LogP contribution is -2.32. The van der Waals surface area contributed by atoms with Crippen molar-refractivity contribution in [1.29, 1.82) is 0 Å². The van der Waals surface area contributed by atoms with Crippen LogP contribution in [-0.2, 0) is 17.5 Å². The molecule has 3 rings (SSSR count). The first-order valence-electron chi connectivity index (χ1n) is 8.31. The van der Waals surface area contributed by atoms with E-state index in [1.165, 1.54) is 16.8 Å². The van der Waals surface area contributed by atoms with Crippen LogP contribution in [0.4, 0.5) is 19.0 Å². The molecule has 0 saturated heterocycles. The molecule has 11 heteroatoms. The van der Waals surface area contributed by atoms with Crippen LogP contribution in [0.5, 0.6) is 6.01 Å². The maximum absolute atomic E-state index is 12.4. The van der Waals surface area contributed by atoms with Gasteiger partial charge in [0.05, 0.1) is 12.1 Å². The number of ether oxygens (including phenoxy) is 2. The smallest absolute Gasteiger partial charge is 0.417 e. The molecule has 0 radical (unpaired) electrons. The number of alkyl halides is 3. The van der Waals surface area contributed by atoms with Crippen LogP contribution >= 0.6 is 0 Å². The van der Waals surface area contributed by atoms with E-state index >= 15 is 0 Å². The van der Waals surface area contributed by atoms with E-state index in [0.717, 1.165) is 12.3 Å². The summed E-state index contributed by atoms with van der Waals surface area (Å²) in [5.41, 5.74) is -0.545. The third-order valence-corrected chi connectivity index (χ3v) is 3.82. The number of pyridine rings is 1. The second kappa shape index (κ2) is 8.26. The zero-order valence-corrected chi connectivity index (χ0v) is 14.5. The number of imidazole rings is 1. The average Bonchev–Trinajstić information content (AvgIpc) is 3.08. The van der Waals surface area contributed by atoms with Crippen molar-refractivity contribution < 1.29 is 27.6 Å². The number of aromatic nitrogens is 3. The van der Waals surface area contributed by atoms with Crippen molar-refractivity contribution in [3.05, 3.63) is 45.9 Å². The molecule has 0 N–H and O–H groups in total. The van der Waals surface area contributed by atoms with Crippen LogP contribution in [0.3, 0.4) is 0 Å². The molecule has 0 aromatic carbocycles. The lowest BCUT2D eigenvalue weighted by molar-refractivity contribution is -0.389. The lowest BCUT2D eigenvalue weighted by Gasteiger charge is -2.22. The van der Waals surface area contributed by atoms with Gasteiger partial charge in [0.1, 0.15) is 24.6 Å². The number of nitrogens with zero attached hydrogens (tertiary/aromatic N) is 4. The standard InChI is InChI=1S/C17H15F3N4O4/c18-17(19,20)12-5-6-13(21-8-12)4-2-1-3-7-27-14-9-23-10-15(24(25)26)22-16(23)28-11-14/h5-6,8,10,14H,1,3,7,9,11H2/t14-/m0/s1. The van der Waals surface area contributed by atoms with E-state index in [4.69, 9.17) is 9.47 Å². The van der Waals surface area contributed by atoms with Gasteiger partial charge < -0.3 is 19.6 Å². The molecule has 0 unspecified atom stereocenters. The van der Waals surface area contributed by atoms with Gasteiger partial charge in [0.25, 0.3) is 0 Å². The van der Waals surface area contributed by atoms with Crippen molar-refractivity contribution in [3.63, 3.8) is 0 Å². The molecule has 8 nitrogen and oxygen atoms in total. The van der Waals surface area contributed by atoms with E-state index in [9.17, 15) is 23.3 Å². The largest absolute Gasteiger partial charge is 0.443 e. The van der Waals surface area contributed by atoms with Gasteiger partial charge >= 0.3 is 18.0 Å². The maximum Gasteiger partial charge on any atom is 0.417 e. The summed E-state index contributed by atoms with van der Waals surface area (Å²) in [7, 11) is 0. The average molecular weight is 396 g/mol.